The number of ether oxygens (including phenoxy) is 1. The summed E-state index contributed by atoms with van der Waals surface area (Å²) in [5.41, 5.74) is 8.81. The number of aromatic nitrogens is 6. The second kappa shape index (κ2) is 7.92. The highest BCUT2D eigenvalue weighted by Crippen LogP contribution is 2.27. The molecule has 0 saturated carbocycles. The van der Waals surface area contributed by atoms with E-state index in [1.165, 1.54) is 16.5 Å². The van der Waals surface area contributed by atoms with Gasteiger partial charge in [0.2, 0.25) is 5.88 Å². The molecule has 0 fully saturated rings. The van der Waals surface area contributed by atoms with Gasteiger partial charge in [-0.05, 0) is 61.7 Å². The lowest BCUT2D eigenvalue weighted by molar-refractivity contribution is 0.396. The van der Waals surface area contributed by atoms with Crippen LogP contribution in [0.5, 0.6) is 5.88 Å². The van der Waals surface area contributed by atoms with Crippen molar-refractivity contribution in [1.82, 2.24) is 29.7 Å². The van der Waals surface area contributed by atoms with Gasteiger partial charge in [-0.3, -0.25) is 0 Å². The van der Waals surface area contributed by atoms with E-state index in [1.54, 1.807) is 13.4 Å². The summed E-state index contributed by atoms with van der Waals surface area (Å²) in [6.45, 7) is 6.11. The maximum atomic E-state index is 5.53. The maximum absolute atomic E-state index is 5.53. The van der Waals surface area contributed by atoms with Crippen LogP contribution in [0.15, 0.2) is 55.1 Å². The van der Waals surface area contributed by atoms with Crippen LogP contribution in [0.3, 0.4) is 0 Å². The predicted molar refractivity (Wildman–Crippen MR) is 124 cm³/mol. The number of hydrogen-bond acceptors (Lipinski definition) is 5. The molecule has 0 radical (unpaired) electrons. The van der Waals surface area contributed by atoms with E-state index in [-0.39, 0.29) is 0 Å². The quantitative estimate of drug-likeness (QED) is 0.441. The molecule has 0 aliphatic rings. The van der Waals surface area contributed by atoms with E-state index in [2.05, 4.69) is 63.4 Å². The minimum absolute atomic E-state index is 0.512. The minimum atomic E-state index is 0.512. The molecule has 0 unspecified atom stereocenters. The number of methoxy groups -OCH3 is 1. The van der Waals surface area contributed by atoms with Crippen molar-refractivity contribution >= 4 is 10.9 Å². The Morgan fingerprint density at radius 1 is 1.00 bits per heavy atom. The molecule has 1 aromatic carbocycles. The van der Waals surface area contributed by atoms with Crippen LogP contribution in [0.4, 0.5) is 0 Å². The van der Waals surface area contributed by atoms with E-state index < -0.39 is 0 Å². The largest absolute Gasteiger partial charge is 0.479 e. The van der Waals surface area contributed by atoms with Crippen LogP contribution in [0, 0.1) is 20.8 Å². The Hall–Kier alpha value is -4.00. The lowest BCUT2D eigenvalue weighted by Crippen LogP contribution is -2.03. The van der Waals surface area contributed by atoms with E-state index in [1.807, 2.05) is 35.9 Å². The van der Waals surface area contributed by atoms with Crippen molar-refractivity contribution < 1.29 is 4.74 Å². The zero-order valence-electron chi connectivity index (χ0n) is 18.5. The van der Waals surface area contributed by atoms with Crippen LogP contribution in [0.2, 0.25) is 0 Å². The van der Waals surface area contributed by atoms with Gasteiger partial charge in [-0.1, -0.05) is 12.1 Å². The van der Waals surface area contributed by atoms with Gasteiger partial charge in [-0.25, -0.2) is 9.97 Å². The summed E-state index contributed by atoms with van der Waals surface area (Å²) in [5, 5.41) is 10.2. The molecule has 0 spiro atoms. The third kappa shape index (κ3) is 3.62. The molecule has 0 aliphatic heterocycles. The number of benzene rings is 1. The maximum Gasteiger partial charge on any atom is 0.238 e. The van der Waals surface area contributed by atoms with Crippen molar-refractivity contribution in [2.24, 2.45) is 0 Å². The fraction of sp³-hybridized carbons (Fsp3) is 0.200. The summed E-state index contributed by atoms with van der Waals surface area (Å²) < 4.78 is 7.43. The average Bonchev–Trinajstić information content (AvgIpc) is 3.40. The highest BCUT2D eigenvalue weighted by molar-refractivity contribution is 5.84. The van der Waals surface area contributed by atoms with Gasteiger partial charge >= 0.3 is 0 Å². The minimum Gasteiger partial charge on any atom is -0.479 e. The molecular formula is C25H24N6O. The average molecular weight is 425 g/mol. The van der Waals surface area contributed by atoms with Gasteiger partial charge in [0.1, 0.15) is 11.4 Å². The molecule has 160 valence electrons. The lowest BCUT2D eigenvalue weighted by atomic mass is 10.0. The number of rotatable bonds is 5. The summed E-state index contributed by atoms with van der Waals surface area (Å²) in [6, 6.07) is 12.4. The molecule has 0 bridgehead atoms. The Balaban J connectivity index is 1.45. The zero-order chi connectivity index (χ0) is 22.2. The fourth-order valence-electron chi connectivity index (χ4n) is 3.91. The third-order valence-corrected chi connectivity index (χ3v) is 5.65. The number of imidazole rings is 1. The van der Waals surface area contributed by atoms with Crippen molar-refractivity contribution in [3.05, 3.63) is 83.2 Å². The van der Waals surface area contributed by atoms with E-state index in [9.17, 15) is 0 Å². The fourth-order valence-corrected chi connectivity index (χ4v) is 3.91. The summed E-state index contributed by atoms with van der Waals surface area (Å²) in [4.78, 5) is 12.3. The molecule has 5 aromatic rings. The summed E-state index contributed by atoms with van der Waals surface area (Å²) >= 11 is 0. The summed E-state index contributed by atoms with van der Waals surface area (Å²) in [6.07, 6.45) is 6.46. The Labute approximate surface area is 186 Å². The first kappa shape index (κ1) is 19.9. The first-order valence-corrected chi connectivity index (χ1v) is 10.5. The van der Waals surface area contributed by atoms with Crippen LogP contribution in [-0.2, 0) is 6.42 Å². The lowest BCUT2D eigenvalue weighted by Gasteiger charge is -2.11. The van der Waals surface area contributed by atoms with Crippen LogP contribution < -0.4 is 4.74 Å². The smallest absolute Gasteiger partial charge is 0.238 e. The molecular weight excluding hydrogens is 400 g/mol. The van der Waals surface area contributed by atoms with Crippen molar-refractivity contribution in [1.29, 1.82) is 0 Å². The number of fused-ring (bicyclic) bond motifs is 1. The Morgan fingerprint density at radius 2 is 1.88 bits per heavy atom. The molecule has 0 aliphatic carbocycles. The molecule has 1 N–H and O–H groups in total. The molecule has 0 atom stereocenters. The number of H-pyrrole nitrogens is 1. The van der Waals surface area contributed by atoms with E-state index in [0.717, 1.165) is 34.6 Å². The molecule has 0 amide bonds. The second-order valence-electron chi connectivity index (χ2n) is 8.05. The van der Waals surface area contributed by atoms with E-state index >= 15 is 0 Å². The number of pyridine rings is 1. The normalized spacial score (nSPS) is 11.2. The standard InChI is InChI=1S/C25H24N6O/c1-15-5-6-19-18(12-26-22(19)9-15)11-21-16(2)10-23(30-29-21)20-7-8-24(25(28-20)32-4)31-13-17(3)27-14-31/h5-10,12-14,26H,11H2,1-4H3. The number of aryl methyl sites for hydroxylation is 3. The van der Waals surface area contributed by atoms with Crippen molar-refractivity contribution in [3.8, 4) is 23.0 Å². The Bertz CT molecular complexity index is 1430. The van der Waals surface area contributed by atoms with E-state index in [4.69, 9.17) is 4.74 Å². The topological polar surface area (TPSA) is 81.5 Å². The SMILES string of the molecule is COc1nc(-c2cc(C)c(Cc3c[nH]c4cc(C)ccc34)nn2)ccc1-n1cnc(C)c1. The third-order valence-electron chi connectivity index (χ3n) is 5.65. The van der Waals surface area contributed by atoms with Gasteiger partial charge in [-0.2, -0.15) is 5.10 Å². The van der Waals surface area contributed by atoms with Gasteiger partial charge in [0.15, 0.2) is 0 Å². The molecule has 7 heteroatoms. The number of aromatic amines is 1. The second-order valence-corrected chi connectivity index (χ2v) is 8.05. The van der Waals surface area contributed by atoms with Gasteiger partial charge in [0.05, 0.1) is 30.5 Å². The first-order valence-electron chi connectivity index (χ1n) is 10.5. The predicted octanol–water partition coefficient (Wildman–Crippen LogP) is 4.73. The monoisotopic (exact) mass is 424 g/mol. The molecule has 32 heavy (non-hydrogen) atoms. The van der Waals surface area contributed by atoms with Gasteiger partial charge in [-0.15, -0.1) is 5.10 Å². The van der Waals surface area contributed by atoms with Crippen LogP contribution >= 0.6 is 0 Å². The molecule has 5 rings (SSSR count). The number of nitrogens with zero attached hydrogens (tertiary/aromatic N) is 5. The Morgan fingerprint density at radius 3 is 2.62 bits per heavy atom. The highest BCUT2D eigenvalue weighted by Gasteiger charge is 2.14. The summed E-state index contributed by atoms with van der Waals surface area (Å²) in [5.74, 6) is 0.512. The summed E-state index contributed by atoms with van der Waals surface area (Å²) in [7, 11) is 1.61. The number of nitrogens with one attached hydrogen (secondary N) is 1. The van der Waals surface area contributed by atoms with Crippen LogP contribution in [-0.4, -0.2) is 36.8 Å². The molecule has 4 heterocycles. The molecule has 0 saturated heterocycles. The molecule has 4 aromatic heterocycles. The van der Waals surface area contributed by atoms with Crippen LogP contribution in [0.1, 0.15) is 28.1 Å². The zero-order valence-corrected chi connectivity index (χ0v) is 18.5. The van der Waals surface area contributed by atoms with Crippen LogP contribution in [0.25, 0.3) is 28.0 Å². The van der Waals surface area contributed by atoms with Crippen molar-refractivity contribution in [3.63, 3.8) is 0 Å². The van der Waals surface area contributed by atoms with Crippen molar-refractivity contribution in [2.45, 2.75) is 27.2 Å². The number of hydrogen-bond donors (Lipinski definition) is 1. The van der Waals surface area contributed by atoms with Crippen molar-refractivity contribution in [2.75, 3.05) is 7.11 Å². The first-order chi connectivity index (χ1) is 15.5. The Kier molecular flexibility index (Phi) is 4.93. The van der Waals surface area contributed by atoms with Gasteiger partial charge < -0.3 is 14.3 Å². The highest BCUT2D eigenvalue weighted by atomic mass is 16.5. The van der Waals surface area contributed by atoms with E-state index in [0.29, 0.717) is 17.3 Å². The van der Waals surface area contributed by atoms with Gasteiger partial charge in [0, 0.05) is 29.7 Å². The van der Waals surface area contributed by atoms with Gasteiger partial charge in [0.25, 0.3) is 0 Å². The molecule has 7 nitrogen and oxygen atoms in total.